The van der Waals surface area contributed by atoms with Gasteiger partial charge in [0.1, 0.15) is 6.04 Å². The molecule has 8 nitrogen and oxygen atoms in total. The van der Waals surface area contributed by atoms with Crippen LogP contribution in [0.2, 0.25) is 0 Å². The number of urea groups is 1. The van der Waals surface area contributed by atoms with Crippen LogP contribution in [-0.4, -0.2) is 58.5 Å². The molecule has 1 aromatic heterocycles. The zero-order valence-corrected chi connectivity index (χ0v) is 13.0. The zero-order valence-electron chi connectivity index (χ0n) is 12.2. The van der Waals surface area contributed by atoms with E-state index < -0.39 is 23.9 Å². The fourth-order valence-electron chi connectivity index (χ4n) is 2.05. The second-order valence-electron chi connectivity index (χ2n) is 4.63. The van der Waals surface area contributed by atoms with Crippen molar-refractivity contribution in [1.82, 2.24) is 20.1 Å². The third-order valence-electron chi connectivity index (χ3n) is 3.25. The van der Waals surface area contributed by atoms with E-state index in [1.165, 1.54) is 16.2 Å². The van der Waals surface area contributed by atoms with Crippen molar-refractivity contribution in [1.29, 1.82) is 0 Å². The molecule has 1 unspecified atom stereocenters. The average molecular weight is 323 g/mol. The number of carbonyl (C=O) groups excluding carboxylic acids is 4. The van der Waals surface area contributed by atoms with Crippen LogP contribution in [-0.2, 0) is 14.4 Å². The summed E-state index contributed by atoms with van der Waals surface area (Å²) in [6.07, 6.45) is 1.68. The van der Waals surface area contributed by atoms with E-state index >= 15 is 0 Å². The summed E-state index contributed by atoms with van der Waals surface area (Å²) in [4.78, 5) is 53.1. The van der Waals surface area contributed by atoms with Gasteiger partial charge in [0, 0.05) is 25.0 Å². The Morgan fingerprint density at radius 3 is 2.73 bits per heavy atom. The van der Waals surface area contributed by atoms with Gasteiger partial charge in [0.05, 0.1) is 10.7 Å². The molecular formula is C13H15N4O4S. The highest BCUT2D eigenvalue weighted by molar-refractivity contribution is 7.09. The number of rotatable bonds is 4. The quantitative estimate of drug-likeness (QED) is 0.786. The monoisotopic (exact) mass is 323 g/mol. The molecule has 2 heterocycles. The number of nitrogens with one attached hydrogen (secondary N) is 1. The van der Waals surface area contributed by atoms with E-state index in [1.807, 2.05) is 0 Å². The van der Waals surface area contributed by atoms with Crippen LogP contribution >= 0.6 is 11.3 Å². The first-order valence-corrected chi connectivity index (χ1v) is 7.56. The fourth-order valence-corrected chi connectivity index (χ4v) is 2.69. The number of amides is 4. The van der Waals surface area contributed by atoms with Crippen molar-refractivity contribution >= 4 is 35.5 Å². The average Bonchev–Trinajstić information content (AvgIpc) is 2.93. The molecule has 1 saturated heterocycles. The van der Waals surface area contributed by atoms with Gasteiger partial charge in [-0.25, -0.2) is 9.78 Å². The molecule has 9 heteroatoms. The Bertz CT molecular complexity index is 615. The van der Waals surface area contributed by atoms with Gasteiger partial charge in [0.2, 0.25) is 6.29 Å². The van der Waals surface area contributed by atoms with E-state index in [1.54, 1.807) is 25.5 Å². The van der Waals surface area contributed by atoms with E-state index in [-0.39, 0.29) is 13.1 Å². The summed E-state index contributed by atoms with van der Waals surface area (Å²) in [7, 11) is 0. The van der Waals surface area contributed by atoms with Crippen molar-refractivity contribution in [2.75, 3.05) is 19.6 Å². The van der Waals surface area contributed by atoms with Crippen molar-refractivity contribution in [3.63, 3.8) is 0 Å². The number of hydrogen-bond donors (Lipinski definition) is 1. The largest absolute Gasteiger partial charge is 0.333 e. The molecule has 2 rings (SSSR count). The minimum atomic E-state index is -1.07. The lowest BCUT2D eigenvalue weighted by molar-refractivity contribution is -0.153. The van der Waals surface area contributed by atoms with Crippen LogP contribution in [0, 0.1) is 6.92 Å². The minimum absolute atomic E-state index is 0.0892. The highest BCUT2D eigenvalue weighted by Crippen LogP contribution is 2.15. The van der Waals surface area contributed by atoms with E-state index in [9.17, 15) is 19.2 Å². The second-order valence-corrected chi connectivity index (χ2v) is 5.70. The first-order chi connectivity index (χ1) is 10.5. The topological polar surface area (TPSA) is 99.7 Å². The smallest absolute Gasteiger partial charge is 0.325 e. The van der Waals surface area contributed by atoms with Gasteiger partial charge in [-0.2, -0.15) is 0 Å². The number of nitrogens with zero attached hydrogens (tertiary/aromatic N) is 3. The van der Waals surface area contributed by atoms with Gasteiger partial charge in [-0.3, -0.25) is 19.3 Å². The second kappa shape index (κ2) is 6.65. The SMILES string of the molecule is CCN1CCN(C(=O)NC([C]=O)c2csc(C)n2)C(=O)C1=O. The van der Waals surface area contributed by atoms with Crippen molar-refractivity contribution in [2.24, 2.45) is 0 Å². The highest BCUT2D eigenvalue weighted by atomic mass is 32.1. The third-order valence-corrected chi connectivity index (χ3v) is 4.05. The van der Waals surface area contributed by atoms with E-state index in [0.29, 0.717) is 12.2 Å². The number of aromatic nitrogens is 1. The number of likely N-dealkylation sites (N-methyl/N-ethyl adjacent to an activating group) is 1. The number of thiazole rings is 1. The molecule has 4 amide bonds. The number of hydrogen-bond acceptors (Lipinski definition) is 6. The van der Waals surface area contributed by atoms with Crippen LogP contribution in [0.3, 0.4) is 0 Å². The van der Waals surface area contributed by atoms with Crippen LogP contribution in [0.4, 0.5) is 4.79 Å². The summed E-state index contributed by atoms with van der Waals surface area (Å²) in [5.41, 5.74) is 0.358. The standard InChI is InChI=1S/C13H15N4O4S/c1-3-16-4-5-17(12(20)11(16)19)13(21)15-9(6-18)10-7-22-8(2)14-10/h7,9H,3-5H2,1-2H3,(H,15,21). The Balaban J connectivity index is 2.06. The molecule has 0 aromatic carbocycles. The van der Waals surface area contributed by atoms with E-state index in [0.717, 1.165) is 9.91 Å². The predicted octanol–water partition coefficient (Wildman–Crippen LogP) is 0.00262. The van der Waals surface area contributed by atoms with Gasteiger partial charge in [0.15, 0.2) is 0 Å². The first-order valence-electron chi connectivity index (χ1n) is 6.68. The molecule has 0 bridgehead atoms. The predicted molar refractivity (Wildman–Crippen MR) is 77.8 cm³/mol. The maximum absolute atomic E-state index is 12.1. The number of carbonyl (C=O) groups is 3. The van der Waals surface area contributed by atoms with Crippen LogP contribution < -0.4 is 5.32 Å². The number of aryl methyl sites for hydroxylation is 1. The fraction of sp³-hybridized carbons (Fsp3) is 0.462. The Morgan fingerprint density at radius 2 is 2.18 bits per heavy atom. The van der Waals surface area contributed by atoms with Crippen LogP contribution in [0.1, 0.15) is 23.7 Å². The van der Waals surface area contributed by atoms with E-state index in [2.05, 4.69) is 10.3 Å². The maximum Gasteiger partial charge on any atom is 0.325 e. The van der Waals surface area contributed by atoms with Crippen molar-refractivity contribution in [3.05, 3.63) is 16.1 Å². The molecule has 1 N–H and O–H groups in total. The summed E-state index contributed by atoms with van der Waals surface area (Å²) in [5.74, 6) is -1.62. The first kappa shape index (κ1) is 16.1. The van der Waals surface area contributed by atoms with E-state index in [4.69, 9.17) is 0 Å². The summed E-state index contributed by atoms with van der Waals surface area (Å²) in [6.45, 7) is 4.29. The zero-order chi connectivity index (χ0) is 16.3. The Morgan fingerprint density at radius 1 is 1.45 bits per heavy atom. The van der Waals surface area contributed by atoms with Gasteiger partial charge in [-0.1, -0.05) is 0 Å². The number of imide groups is 1. The highest BCUT2D eigenvalue weighted by Gasteiger charge is 2.36. The molecule has 1 radical (unpaired) electrons. The Labute approximate surface area is 131 Å². The lowest BCUT2D eigenvalue weighted by atomic mass is 10.2. The molecule has 0 spiro atoms. The third kappa shape index (κ3) is 3.14. The molecule has 1 aromatic rings. The summed E-state index contributed by atoms with van der Waals surface area (Å²) in [6, 6.07) is -1.86. The lowest BCUT2D eigenvalue weighted by Crippen LogP contribution is -2.58. The Kier molecular flexibility index (Phi) is 4.86. The van der Waals surface area contributed by atoms with Crippen molar-refractivity contribution in [3.8, 4) is 0 Å². The summed E-state index contributed by atoms with van der Waals surface area (Å²) < 4.78 is 0. The molecule has 1 atom stereocenters. The van der Waals surface area contributed by atoms with Crippen LogP contribution in [0.25, 0.3) is 0 Å². The van der Waals surface area contributed by atoms with Gasteiger partial charge in [-0.15, -0.1) is 11.3 Å². The Hall–Kier alpha value is -2.29. The molecule has 1 aliphatic heterocycles. The normalized spacial score (nSPS) is 16.6. The molecule has 22 heavy (non-hydrogen) atoms. The summed E-state index contributed by atoms with van der Waals surface area (Å²) in [5, 5.41) is 4.74. The molecule has 117 valence electrons. The van der Waals surface area contributed by atoms with Gasteiger partial charge < -0.3 is 10.2 Å². The van der Waals surface area contributed by atoms with Crippen molar-refractivity contribution in [2.45, 2.75) is 19.9 Å². The molecule has 0 saturated carbocycles. The molecule has 0 aliphatic carbocycles. The number of piperazine rings is 1. The molecule has 1 fully saturated rings. The van der Waals surface area contributed by atoms with Crippen LogP contribution in [0.5, 0.6) is 0 Å². The summed E-state index contributed by atoms with van der Waals surface area (Å²) >= 11 is 1.33. The minimum Gasteiger partial charge on any atom is -0.333 e. The lowest BCUT2D eigenvalue weighted by Gasteiger charge is -2.32. The molecule has 1 aliphatic rings. The van der Waals surface area contributed by atoms with Crippen molar-refractivity contribution < 1.29 is 19.2 Å². The molecular weight excluding hydrogens is 308 g/mol. The van der Waals surface area contributed by atoms with Gasteiger partial charge in [-0.05, 0) is 13.8 Å². The maximum atomic E-state index is 12.1. The van der Waals surface area contributed by atoms with Gasteiger partial charge in [0.25, 0.3) is 0 Å². The van der Waals surface area contributed by atoms with Gasteiger partial charge >= 0.3 is 17.8 Å². The van der Waals surface area contributed by atoms with Crippen LogP contribution in [0.15, 0.2) is 5.38 Å².